The van der Waals surface area contributed by atoms with Gasteiger partial charge in [-0.15, -0.1) is 17.0 Å². The third-order valence-corrected chi connectivity index (χ3v) is 10.7. The van der Waals surface area contributed by atoms with Gasteiger partial charge in [0.2, 0.25) is 0 Å². The molecule has 4 aromatic carbocycles. The molecule has 0 bridgehead atoms. The van der Waals surface area contributed by atoms with Crippen LogP contribution < -0.4 is 15.9 Å². The fourth-order valence-corrected chi connectivity index (χ4v) is 9.20. The predicted molar refractivity (Wildman–Crippen MR) is 137 cm³/mol. The molecule has 0 fully saturated rings. The molecule has 0 aromatic heterocycles. The van der Waals surface area contributed by atoms with Crippen LogP contribution in [0.4, 0.5) is 13.2 Å². The second kappa shape index (κ2) is 10.2. The average molecular weight is 538 g/mol. The Kier molecular flexibility index (Phi) is 7.82. The van der Waals surface area contributed by atoms with Crippen LogP contribution >= 0.6 is 35.8 Å². The Labute approximate surface area is 202 Å². The Hall–Kier alpha value is -2.13. The summed E-state index contributed by atoms with van der Waals surface area (Å²) in [6.45, 7) is 0. The van der Waals surface area contributed by atoms with E-state index in [4.69, 9.17) is 11.6 Å². The first-order valence-electron chi connectivity index (χ1n) is 9.93. The van der Waals surface area contributed by atoms with Crippen LogP contribution in [0.15, 0.2) is 109 Å². The molecule has 0 atom stereocenters. The van der Waals surface area contributed by atoms with E-state index in [1.165, 1.54) is 12.1 Å². The van der Waals surface area contributed by atoms with E-state index < -0.39 is 19.0 Å². The van der Waals surface area contributed by atoms with Crippen molar-refractivity contribution in [3.05, 3.63) is 125 Å². The molecule has 0 unspecified atom stereocenters. The quantitative estimate of drug-likeness (QED) is 0.237. The third kappa shape index (κ3) is 4.93. The molecule has 0 aliphatic heterocycles. The van der Waals surface area contributed by atoms with E-state index >= 15 is 0 Å². The van der Waals surface area contributed by atoms with Crippen molar-refractivity contribution >= 4 is 51.8 Å². The molecular formula is C26H22BrClF3P. The van der Waals surface area contributed by atoms with Gasteiger partial charge in [-0.05, 0) is 0 Å². The van der Waals surface area contributed by atoms with Gasteiger partial charge < -0.3 is 0 Å². The van der Waals surface area contributed by atoms with Crippen LogP contribution in [0.25, 0.3) is 0 Å². The summed E-state index contributed by atoms with van der Waals surface area (Å²) >= 11 is 6.18. The zero-order chi connectivity index (χ0) is 21.9. The van der Waals surface area contributed by atoms with Crippen molar-refractivity contribution in [2.75, 3.05) is 0 Å². The topological polar surface area (TPSA) is 0 Å². The Morgan fingerprint density at radius 2 is 1.03 bits per heavy atom. The summed E-state index contributed by atoms with van der Waals surface area (Å²) in [6, 6.07) is 33.6. The third-order valence-electron chi connectivity index (χ3n) is 5.63. The Balaban J connectivity index is 0.00000289. The Morgan fingerprint density at radius 3 is 1.41 bits per heavy atom. The monoisotopic (exact) mass is 536 g/mol. The van der Waals surface area contributed by atoms with Crippen molar-refractivity contribution in [3.8, 4) is 0 Å². The van der Waals surface area contributed by atoms with E-state index in [1.54, 1.807) is 0 Å². The molecular weight excluding hydrogens is 516 g/mol. The Morgan fingerprint density at radius 1 is 0.625 bits per heavy atom. The van der Waals surface area contributed by atoms with Gasteiger partial charge in [0.1, 0.15) is 0 Å². The SMILES string of the molecule is Br.FC(F)(F)c1ccc(Cl)cc1C[PH](c1ccccc1)(c1ccccc1)c1ccccc1. The molecule has 166 valence electrons. The molecule has 0 radical (unpaired) electrons. The molecule has 0 aliphatic carbocycles. The van der Waals surface area contributed by atoms with Crippen molar-refractivity contribution in [1.82, 2.24) is 0 Å². The minimum atomic E-state index is -4.45. The van der Waals surface area contributed by atoms with Crippen LogP contribution in [0, 0.1) is 0 Å². The summed E-state index contributed by atoms with van der Waals surface area (Å²) in [7, 11) is -2.86. The zero-order valence-electron chi connectivity index (χ0n) is 17.0. The molecule has 6 heteroatoms. The number of alkyl halides is 3. The molecule has 4 aromatic rings. The van der Waals surface area contributed by atoms with Gasteiger partial charge in [-0.1, -0.05) is 0 Å². The van der Waals surface area contributed by atoms with Crippen molar-refractivity contribution < 1.29 is 13.2 Å². The van der Waals surface area contributed by atoms with Gasteiger partial charge in [0, 0.05) is 0 Å². The van der Waals surface area contributed by atoms with Crippen LogP contribution in [0.2, 0.25) is 5.02 Å². The maximum atomic E-state index is 13.9. The fourth-order valence-electron chi connectivity index (χ4n) is 4.24. The van der Waals surface area contributed by atoms with E-state index in [0.717, 1.165) is 22.0 Å². The molecule has 0 saturated heterocycles. The molecule has 4 rings (SSSR count). The van der Waals surface area contributed by atoms with Gasteiger partial charge in [0.05, 0.1) is 0 Å². The van der Waals surface area contributed by atoms with Crippen molar-refractivity contribution in [3.63, 3.8) is 0 Å². The summed E-state index contributed by atoms with van der Waals surface area (Å²) in [5.74, 6) is 0. The van der Waals surface area contributed by atoms with E-state index in [-0.39, 0.29) is 28.7 Å². The number of benzene rings is 4. The standard InChI is InChI=1S/C26H21ClF3P.BrH/c27-21-16-17-25(26(28,29)30)20(18-21)19-31(22-10-4-1-5-11-22,23-12-6-2-7-13-23)24-14-8-3-9-15-24;/h1-18,31H,19H2;1H. The van der Waals surface area contributed by atoms with Gasteiger partial charge in [-0.3, -0.25) is 0 Å². The molecule has 0 amide bonds. The maximum absolute atomic E-state index is 13.9. The van der Waals surface area contributed by atoms with Gasteiger partial charge in [0.15, 0.2) is 0 Å². The number of hydrogen-bond donors (Lipinski definition) is 0. The molecule has 0 saturated carbocycles. The van der Waals surface area contributed by atoms with Gasteiger partial charge in [-0.25, -0.2) is 0 Å². The second-order valence-electron chi connectivity index (χ2n) is 7.48. The summed E-state index contributed by atoms with van der Waals surface area (Å²) < 4.78 is 41.8. The van der Waals surface area contributed by atoms with Crippen LogP contribution in [-0.4, -0.2) is 0 Å². The predicted octanol–water partition coefficient (Wildman–Crippen LogP) is 7.16. The van der Waals surface area contributed by atoms with Crippen LogP contribution in [-0.2, 0) is 12.3 Å². The minimum absolute atomic E-state index is 0. The van der Waals surface area contributed by atoms with Crippen molar-refractivity contribution in [2.24, 2.45) is 0 Å². The Bertz CT molecular complexity index is 1050. The van der Waals surface area contributed by atoms with Crippen molar-refractivity contribution in [1.29, 1.82) is 0 Å². The van der Waals surface area contributed by atoms with Crippen LogP contribution in [0.3, 0.4) is 0 Å². The van der Waals surface area contributed by atoms with Crippen molar-refractivity contribution in [2.45, 2.75) is 12.3 Å². The van der Waals surface area contributed by atoms with Gasteiger partial charge in [0.25, 0.3) is 0 Å². The molecule has 0 spiro atoms. The summed E-state index contributed by atoms with van der Waals surface area (Å²) in [5, 5.41) is 3.47. The van der Waals surface area contributed by atoms with E-state index in [1.807, 2.05) is 91.0 Å². The number of rotatable bonds is 5. The molecule has 0 nitrogen and oxygen atoms in total. The van der Waals surface area contributed by atoms with Gasteiger partial charge in [-0.2, -0.15) is 0 Å². The van der Waals surface area contributed by atoms with Gasteiger partial charge >= 0.3 is 186 Å². The van der Waals surface area contributed by atoms with E-state index in [2.05, 4.69) is 0 Å². The molecule has 0 heterocycles. The summed E-state index contributed by atoms with van der Waals surface area (Å²) in [4.78, 5) is 0. The van der Waals surface area contributed by atoms with E-state index in [9.17, 15) is 13.2 Å². The second-order valence-corrected chi connectivity index (χ2v) is 11.8. The first-order valence-corrected chi connectivity index (χ1v) is 12.5. The molecule has 0 aliphatic rings. The normalized spacial score (nSPS) is 12.1. The molecule has 32 heavy (non-hydrogen) atoms. The first kappa shape index (κ1) is 24.5. The van der Waals surface area contributed by atoms with Crippen LogP contribution in [0.1, 0.15) is 11.1 Å². The van der Waals surface area contributed by atoms with E-state index in [0.29, 0.717) is 5.02 Å². The first-order chi connectivity index (χ1) is 14.9. The summed E-state index contributed by atoms with van der Waals surface area (Å²) in [6.07, 6.45) is -4.20. The number of halogens is 5. The zero-order valence-corrected chi connectivity index (χ0v) is 20.5. The van der Waals surface area contributed by atoms with Crippen LogP contribution in [0.5, 0.6) is 0 Å². The summed E-state index contributed by atoms with van der Waals surface area (Å²) in [5.41, 5.74) is -0.403. The fraction of sp³-hybridized carbons (Fsp3) is 0.0769. The number of hydrogen-bond acceptors (Lipinski definition) is 0. The molecule has 0 N–H and O–H groups in total. The average Bonchev–Trinajstić information content (AvgIpc) is 2.78.